The second kappa shape index (κ2) is 2.69. The third-order valence-electron chi connectivity index (χ3n) is 4.22. The van der Waals surface area contributed by atoms with Gasteiger partial charge in [-0.1, -0.05) is 0 Å². The molecule has 3 rings (SSSR count). The fraction of sp³-hybridized carbons (Fsp3) is 1.00. The quantitative estimate of drug-likeness (QED) is 0.672. The molecular weight excluding hydrogens is 153 g/mol. The molecule has 3 aliphatic rings. The number of rotatable bonds is 2. The van der Waals surface area contributed by atoms with E-state index < -0.39 is 0 Å². The number of alkyl halides is 1. The van der Waals surface area contributed by atoms with Crippen molar-refractivity contribution >= 4 is 0 Å². The molecule has 3 aliphatic carbocycles. The van der Waals surface area contributed by atoms with Crippen LogP contribution in [0.3, 0.4) is 0 Å². The van der Waals surface area contributed by atoms with Gasteiger partial charge in [0.15, 0.2) is 0 Å². The topological polar surface area (TPSA) is 12.0 Å². The van der Waals surface area contributed by atoms with Crippen LogP contribution in [0.5, 0.6) is 0 Å². The van der Waals surface area contributed by atoms with Crippen LogP contribution in [0.1, 0.15) is 38.5 Å². The van der Waals surface area contributed by atoms with Crippen LogP contribution in [-0.4, -0.2) is 19.3 Å². The number of fused-ring (bicyclic) bond motifs is 3. The van der Waals surface area contributed by atoms with E-state index in [-0.39, 0.29) is 12.1 Å². The minimum absolute atomic E-state index is 0.0905. The first-order valence-corrected chi connectivity index (χ1v) is 4.99. The van der Waals surface area contributed by atoms with Crippen LogP contribution < -0.4 is 5.32 Å². The summed E-state index contributed by atoms with van der Waals surface area (Å²) in [7, 11) is 2.05. The highest BCUT2D eigenvalue weighted by molar-refractivity contribution is 5.03. The van der Waals surface area contributed by atoms with Crippen molar-refractivity contribution in [1.29, 1.82) is 0 Å². The summed E-state index contributed by atoms with van der Waals surface area (Å²) in [5.74, 6) is 0. The van der Waals surface area contributed by atoms with E-state index in [1.165, 1.54) is 19.3 Å². The Labute approximate surface area is 73.7 Å². The van der Waals surface area contributed by atoms with Crippen LogP contribution in [0, 0.1) is 5.41 Å². The van der Waals surface area contributed by atoms with Gasteiger partial charge in [0.1, 0.15) is 0 Å². The second-order valence-electron chi connectivity index (χ2n) is 4.66. The van der Waals surface area contributed by atoms with Gasteiger partial charge in [0, 0.05) is 5.54 Å². The highest BCUT2D eigenvalue weighted by atomic mass is 19.1. The SMILES string of the molecule is CNC12CCC(CF)(CC1)CC2. The maximum absolute atomic E-state index is 12.8. The van der Waals surface area contributed by atoms with Crippen LogP contribution in [-0.2, 0) is 0 Å². The van der Waals surface area contributed by atoms with Crippen molar-refractivity contribution < 1.29 is 4.39 Å². The molecule has 3 saturated carbocycles. The Hall–Kier alpha value is -0.110. The van der Waals surface area contributed by atoms with Crippen molar-refractivity contribution in [1.82, 2.24) is 5.32 Å². The summed E-state index contributed by atoms with van der Waals surface area (Å²) < 4.78 is 12.8. The summed E-state index contributed by atoms with van der Waals surface area (Å²) in [6.45, 7) is -0.0905. The highest BCUT2D eigenvalue weighted by Crippen LogP contribution is 2.52. The summed E-state index contributed by atoms with van der Waals surface area (Å²) in [5, 5.41) is 3.42. The lowest BCUT2D eigenvalue weighted by Crippen LogP contribution is -2.54. The second-order valence-corrected chi connectivity index (χ2v) is 4.66. The maximum Gasteiger partial charge on any atom is 0.0950 e. The van der Waals surface area contributed by atoms with Gasteiger partial charge in [-0.3, -0.25) is 4.39 Å². The van der Waals surface area contributed by atoms with E-state index in [1.54, 1.807) is 0 Å². The van der Waals surface area contributed by atoms with Crippen LogP contribution in [0.25, 0.3) is 0 Å². The van der Waals surface area contributed by atoms with Crippen molar-refractivity contribution in [3.8, 4) is 0 Å². The zero-order chi connectivity index (χ0) is 8.66. The number of hydrogen-bond acceptors (Lipinski definition) is 1. The molecular formula is C10H18FN. The van der Waals surface area contributed by atoms with Gasteiger partial charge in [-0.25, -0.2) is 0 Å². The lowest BCUT2D eigenvalue weighted by molar-refractivity contribution is 0.00931. The molecule has 0 aromatic carbocycles. The third-order valence-corrected chi connectivity index (χ3v) is 4.22. The zero-order valence-corrected chi connectivity index (χ0v) is 7.83. The molecule has 0 saturated heterocycles. The van der Waals surface area contributed by atoms with Crippen LogP contribution in [0.4, 0.5) is 4.39 Å². The fourth-order valence-corrected chi connectivity index (χ4v) is 2.84. The molecule has 0 atom stereocenters. The first-order valence-electron chi connectivity index (χ1n) is 4.99. The molecule has 70 valence electrons. The van der Waals surface area contributed by atoms with E-state index in [4.69, 9.17) is 0 Å². The monoisotopic (exact) mass is 171 g/mol. The van der Waals surface area contributed by atoms with E-state index in [2.05, 4.69) is 5.32 Å². The molecule has 0 amide bonds. The summed E-state index contributed by atoms with van der Waals surface area (Å²) >= 11 is 0. The Bertz CT molecular complexity index is 134. The van der Waals surface area contributed by atoms with E-state index in [0.29, 0.717) is 5.54 Å². The van der Waals surface area contributed by atoms with Gasteiger partial charge in [0.05, 0.1) is 6.67 Å². The van der Waals surface area contributed by atoms with Gasteiger partial charge < -0.3 is 5.32 Å². The average molecular weight is 171 g/mol. The predicted molar refractivity (Wildman–Crippen MR) is 47.9 cm³/mol. The maximum atomic E-state index is 12.8. The van der Waals surface area contributed by atoms with Crippen LogP contribution >= 0.6 is 0 Å². The van der Waals surface area contributed by atoms with Crippen molar-refractivity contribution in [2.45, 2.75) is 44.1 Å². The molecule has 1 N–H and O–H groups in total. The molecule has 2 heteroatoms. The highest BCUT2D eigenvalue weighted by Gasteiger charge is 2.47. The number of hydrogen-bond donors (Lipinski definition) is 1. The van der Waals surface area contributed by atoms with Gasteiger partial charge in [0.25, 0.3) is 0 Å². The first kappa shape index (κ1) is 8.49. The summed E-state index contributed by atoms with van der Waals surface area (Å²) in [6, 6.07) is 0. The van der Waals surface area contributed by atoms with E-state index >= 15 is 0 Å². The van der Waals surface area contributed by atoms with Gasteiger partial charge in [-0.15, -0.1) is 0 Å². The Morgan fingerprint density at radius 3 is 1.92 bits per heavy atom. The third kappa shape index (κ3) is 1.08. The van der Waals surface area contributed by atoms with Gasteiger partial charge in [0.2, 0.25) is 0 Å². The number of nitrogens with one attached hydrogen (secondary N) is 1. The largest absolute Gasteiger partial charge is 0.314 e. The minimum Gasteiger partial charge on any atom is -0.314 e. The van der Waals surface area contributed by atoms with Gasteiger partial charge in [-0.2, -0.15) is 0 Å². The Balaban J connectivity index is 2.09. The predicted octanol–water partition coefficient (Wildman–Crippen LogP) is 2.27. The first-order chi connectivity index (χ1) is 5.74. The van der Waals surface area contributed by atoms with Crippen molar-refractivity contribution in [3.05, 3.63) is 0 Å². The standard InChI is InChI=1S/C10H18FN/c1-12-10-5-2-9(8-11,3-6-10)4-7-10/h12H,2-8H2,1H3. The molecule has 12 heavy (non-hydrogen) atoms. The Morgan fingerprint density at radius 2 is 1.58 bits per heavy atom. The summed E-state index contributed by atoms with van der Waals surface area (Å²) in [4.78, 5) is 0. The molecule has 2 bridgehead atoms. The van der Waals surface area contributed by atoms with Crippen molar-refractivity contribution in [2.75, 3.05) is 13.7 Å². The van der Waals surface area contributed by atoms with Gasteiger partial charge >= 0.3 is 0 Å². The normalized spacial score (nSPS) is 46.5. The fourth-order valence-electron chi connectivity index (χ4n) is 2.84. The smallest absolute Gasteiger partial charge is 0.0950 e. The minimum atomic E-state index is -0.0905. The summed E-state index contributed by atoms with van der Waals surface area (Å²) in [5.41, 5.74) is 0.482. The van der Waals surface area contributed by atoms with Gasteiger partial charge in [-0.05, 0) is 51.0 Å². The molecule has 0 aromatic rings. The molecule has 0 aliphatic heterocycles. The van der Waals surface area contributed by atoms with E-state index in [1.807, 2.05) is 7.05 Å². The van der Waals surface area contributed by atoms with E-state index in [0.717, 1.165) is 19.3 Å². The molecule has 0 unspecified atom stereocenters. The van der Waals surface area contributed by atoms with E-state index in [9.17, 15) is 4.39 Å². The molecule has 0 aromatic heterocycles. The molecule has 1 nitrogen and oxygen atoms in total. The lowest BCUT2D eigenvalue weighted by Gasteiger charge is -2.52. The Kier molecular flexibility index (Phi) is 1.90. The molecule has 3 fully saturated rings. The van der Waals surface area contributed by atoms with Crippen LogP contribution in [0.2, 0.25) is 0 Å². The van der Waals surface area contributed by atoms with Crippen molar-refractivity contribution in [3.63, 3.8) is 0 Å². The molecule has 0 radical (unpaired) electrons. The zero-order valence-electron chi connectivity index (χ0n) is 7.83. The Morgan fingerprint density at radius 1 is 1.08 bits per heavy atom. The molecule has 0 heterocycles. The lowest BCUT2D eigenvalue weighted by atomic mass is 9.58. The van der Waals surface area contributed by atoms with Crippen LogP contribution in [0.15, 0.2) is 0 Å². The summed E-state index contributed by atoms with van der Waals surface area (Å²) in [6.07, 6.45) is 6.87. The molecule has 0 spiro atoms. The number of halogens is 1. The average Bonchev–Trinajstić information content (AvgIpc) is 2.21. The van der Waals surface area contributed by atoms with Crippen molar-refractivity contribution in [2.24, 2.45) is 5.41 Å².